The van der Waals surface area contributed by atoms with Gasteiger partial charge in [-0.3, -0.25) is 4.79 Å². The van der Waals surface area contributed by atoms with Crippen LogP contribution in [0.15, 0.2) is 78.9 Å². The Bertz CT molecular complexity index is 880. The average molecular weight is 376 g/mol. The van der Waals surface area contributed by atoms with Crippen LogP contribution in [0.4, 0.5) is 11.4 Å². The maximum Gasteiger partial charge on any atom is 0.243 e. The van der Waals surface area contributed by atoms with Gasteiger partial charge in [-0.1, -0.05) is 42.5 Å². The monoisotopic (exact) mass is 376 g/mol. The maximum absolute atomic E-state index is 12.2. The zero-order valence-electron chi connectivity index (χ0n) is 15.9. The third-order valence-electron chi connectivity index (χ3n) is 4.19. The molecule has 5 heteroatoms. The number of ether oxygens (including phenoxy) is 2. The van der Waals surface area contributed by atoms with E-state index in [-0.39, 0.29) is 12.5 Å². The first kappa shape index (κ1) is 19.3. The van der Waals surface area contributed by atoms with E-state index in [1.807, 2.05) is 66.7 Å². The first-order valence-corrected chi connectivity index (χ1v) is 9.18. The second kappa shape index (κ2) is 10.0. The number of benzene rings is 3. The highest BCUT2D eigenvalue weighted by molar-refractivity contribution is 5.94. The van der Waals surface area contributed by atoms with Gasteiger partial charge in [-0.15, -0.1) is 0 Å². The Balaban J connectivity index is 1.43. The molecule has 0 heterocycles. The van der Waals surface area contributed by atoms with Crippen molar-refractivity contribution in [3.05, 3.63) is 84.4 Å². The van der Waals surface area contributed by atoms with Gasteiger partial charge in [0.15, 0.2) is 0 Å². The van der Waals surface area contributed by atoms with Crippen LogP contribution in [0.5, 0.6) is 11.5 Å². The second-order valence-electron chi connectivity index (χ2n) is 6.21. The first-order chi connectivity index (χ1) is 13.7. The van der Waals surface area contributed by atoms with Crippen LogP contribution in [0.1, 0.15) is 5.56 Å². The molecule has 0 aliphatic heterocycles. The number of carbonyl (C=O) groups is 1. The van der Waals surface area contributed by atoms with E-state index in [4.69, 9.17) is 9.47 Å². The van der Waals surface area contributed by atoms with Crippen molar-refractivity contribution in [2.24, 2.45) is 0 Å². The zero-order valence-corrected chi connectivity index (χ0v) is 15.9. The molecule has 2 N–H and O–H groups in total. The Hall–Kier alpha value is -3.47. The molecule has 1 amide bonds. The van der Waals surface area contributed by atoms with E-state index in [0.29, 0.717) is 12.4 Å². The van der Waals surface area contributed by atoms with Crippen molar-refractivity contribution in [2.45, 2.75) is 6.42 Å². The number of nitrogens with one attached hydrogen (secondary N) is 2. The van der Waals surface area contributed by atoms with Crippen molar-refractivity contribution in [2.75, 3.05) is 30.9 Å². The number of methoxy groups -OCH3 is 1. The number of hydrogen-bond donors (Lipinski definition) is 2. The van der Waals surface area contributed by atoms with Gasteiger partial charge in [-0.25, -0.2) is 0 Å². The summed E-state index contributed by atoms with van der Waals surface area (Å²) >= 11 is 0. The van der Waals surface area contributed by atoms with Crippen molar-refractivity contribution in [3.63, 3.8) is 0 Å². The molecule has 0 saturated heterocycles. The summed E-state index contributed by atoms with van der Waals surface area (Å²) in [4.78, 5) is 12.2. The number of hydrogen-bond acceptors (Lipinski definition) is 4. The molecule has 0 aliphatic carbocycles. The Morgan fingerprint density at radius 1 is 0.893 bits per heavy atom. The second-order valence-corrected chi connectivity index (χ2v) is 6.21. The molecule has 0 radical (unpaired) electrons. The van der Waals surface area contributed by atoms with E-state index in [1.54, 1.807) is 7.11 Å². The van der Waals surface area contributed by atoms with Gasteiger partial charge in [-0.2, -0.15) is 0 Å². The number of carbonyl (C=O) groups excluding carboxylic acids is 1. The topological polar surface area (TPSA) is 59.6 Å². The van der Waals surface area contributed by atoms with Crippen molar-refractivity contribution in [1.29, 1.82) is 0 Å². The third-order valence-corrected chi connectivity index (χ3v) is 4.19. The predicted molar refractivity (Wildman–Crippen MR) is 112 cm³/mol. The van der Waals surface area contributed by atoms with Crippen molar-refractivity contribution >= 4 is 17.3 Å². The zero-order chi connectivity index (χ0) is 19.6. The fraction of sp³-hybridized carbons (Fsp3) is 0.174. The number of para-hydroxylation sites is 2. The summed E-state index contributed by atoms with van der Waals surface area (Å²) in [7, 11) is 1.60. The van der Waals surface area contributed by atoms with Crippen LogP contribution in [-0.4, -0.2) is 26.2 Å². The van der Waals surface area contributed by atoms with Crippen molar-refractivity contribution < 1.29 is 14.3 Å². The van der Waals surface area contributed by atoms with Gasteiger partial charge in [0.25, 0.3) is 0 Å². The minimum atomic E-state index is -0.136. The lowest BCUT2D eigenvalue weighted by Gasteiger charge is -2.11. The number of amides is 1. The highest BCUT2D eigenvalue weighted by atomic mass is 16.5. The molecular weight excluding hydrogens is 352 g/mol. The van der Waals surface area contributed by atoms with Gasteiger partial charge in [-0.05, 0) is 42.0 Å². The standard InChI is InChI=1S/C23H24N2O3/c1-27-22-10-6-5-9-21(22)24-17-23(26)25-19-11-13-20(14-12-19)28-16-15-18-7-3-2-4-8-18/h2-14,24H,15-17H2,1H3,(H,25,26). The largest absolute Gasteiger partial charge is 0.495 e. The molecule has 0 atom stereocenters. The summed E-state index contributed by atoms with van der Waals surface area (Å²) in [5.74, 6) is 1.34. The number of anilines is 2. The molecule has 3 aromatic carbocycles. The van der Waals surface area contributed by atoms with E-state index in [1.165, 1.54) is 5.56 Å². The maximum atomic E-state index is 12.2. The summed E-state index contributed by atoms with van der Waals surface area (Å²) in [5, 5.41) is 5.94. The van der Waals surface area contributed by atoms with Gasteiger partial charge in [0.1, 0.15) is 11.5 Å². The van der Waals surface area contributed by atoms with Crippen LogP contribution in [0.2, 0.25) is 0 Å². The van der Waals surface area contributed by atoms with Crippen LogP contribution >= 0.6 is 0 Å². The lowest BCUT2D eigenvalue weighted by Crippen LogP contribution is -2.21. The van der Waals surface area contributed by atoms with E-state index in [0.717, 1.165) is 23.5 Å². The third kappa shape index (κ3) is 5.77. The molecule has 3 aromatic rings. The number of rotatable bonds is 9. The van der Waals surface area contributed by atoms with Crippen LogP contribution in [-0.2, 0) is 11.2 Å². The van der Waals surface area contributed by atoms with E-state index < -0.39 is 0 Å². The molecule has 0 aromatic heterocycles. The van der Waals surface area contributed by atoms with Gasteiger partial charge in [0.05, 0.1) is 25.9 Å². The Morgan fingerprint density at radius 3 is 2.36 bits per heavy atom. The van der Waals surface area contributed by atoms with Gasteiger partial charge >= 0.3 is 0 Å². The van der Waals surface area contributed by atoms with Crippen LogP contribution in [0, 0.1) is 0 Å². The van der Waals surface area contributed by atoms with Crippen molar-refractivity contribution in [3.8, 4) is 11.5 Å². The lowest BCUT2D eigenvalue weighted by molar-refractivity contribution is -0.114. The molecule has 3 rings (SSSR count). The van der Waals surface area contributed by atoms with Crippen molar-refractivity contribution in [1.82, 2.24) is 0 Å². The molecule has 5 nitrogen and oxygen atoms in total. The summed E-state index contributed by atoms with van der Waals surface area (Å²) in [6.07, 6.45) is 0.855. The molecule has 0 unspecified atom stereocenters. The molecule has 0 bridgehead atoms. The minimum Gasteiger partial charge on any atom is -0.495 e. The highest BCUT2D eigenvalue weighted by Crippen LogP contribution is 2.22. The molecular formula is C23H24N2O3. The van der Waals surface area contributed by atoms with Gasteiger partial charge in [0.2, 0.25) is 5.91 Å². The van der Waals surface area contributed by atoms with E-state index in [9.17, 15) is 4.79 Å². The van der Waals surface area contributed by atoms with E-state index >= 15 is 0 Å². The van der Waals surface area contributed by atoms with Gasteiger partial charge in [0, 0.05) is 12.1 Å². The van der Waals surface area contributed by atoms with E-state index in [2.05, 4.69) is 22.8 Å². The highest BCUT2D eigenvalue weighted by Gasteiger charge is 2.06. The Kier molecular flexibility index (Phi) is 6.90. The van der Waals surface area contributed by atoms with Crippen LogP contribution < -0.4 is 20.1 Å². The molecule has 0 saturated carbocycles. The minimum absolute atomic E-state index is 0.136. The predicted octanol–water partition coefficient (Wildman–Crippen LogP) is 4.37. The smallest absolute Gasteiger partial charge is 0.243 e. The summed E-state index contributed by atoms with van der Waals surface area (Å²) in [6, 6.07) is 25.1. The summed E-state index contributed by atoms with van der Waals surface area (Å²) < 4.78 is 11.0. The average Bonchev–Trinajstić information content (AvgIpc) is 2.74. The summed E-state index contributed by atoms with van der Waals surface area (Å²) in [5.41, 5.74) is 2.75. The van der Waals surface area contributed by atoms with Crippen LogP contribution in [0.3, 0.4) is 0 Å². The Labute approximate surface area is 165 Å². The van der Waals surface area contributed by atoms with Crippen LogP contribution in [0.25, 0.3) is 0 Å². The molecule has 0 spiro atoms. The fourth-order valence-electron chi connectivity index (χ4n) is 2.74. The molecule has 0 aliphatic rings. The molecule has 28 heavy (non-hydrogen) atoms. The quantitative estimate of drug-likeness (QED) is 0.582. The molecule has 0 fully saturated rings. The lowest BCUT2D eigenvalue weighted by atomic mass is 10.2. The first-order valence-electron chi connectivity index (χ1n) is 9.18. The normalized spacial score (nSPS) is 10.2. The summed E-state index contributed by atoms with van der Waals surface area (Å²) in [6.45, 7) is 0.758. The Morgan fingerprint density at radius 2 is 1.61 bits per heavy atom. The SMILES string of the molecule is COc1ccccc1NCC(=O)Nc1ccc(OCCc2ccccc2)cc1. The van der Waals surface area contributed by atoms with Gasteiger partial charge < -0.3 is 20.1 Å². The molecule has 144 valence electrons. The fourth-order valence-corrected chi connectivity index (χ4v) is 2.74.